The first-order valence-corrected chi connectivity index (χ1v) is 11.4. The highest BCUT2D eigenvalue weighted by molar-refractivity contribution is 5.76. The summed E-state index contributed by atoms with van der Waals surface area (Å²) < 4.78 is 0. The quantitative estimate of drug-likeness (QED) is 0.819. The summed E-state index contributed by atoms with van der Waals surface area (Å²) in [5, 5.41) is 3.80. The van der Waals surface area contributed by atoms with Crippen LogP contribution in [0.25, 0.3) is 0 Å². The standard InChI is InChI=1S/C23H36N4O/c28-23(27-11-3-1-2-4-12-27)9-5-8-22-21-13-20(15-25-22)17-26(18-21)16-19-7-6-10-24-14-19/h6-7,10,14,20-22,25H,1-5,8-9,11-13,15-18H2/t20-,21-,22+/m0/s1. The fraction of sp³-hybridized carbons (Fsp3) is 0.739. The minimum absolute atomic E-state index is 0.387. The molecule has 4 heterocycles. The second-order valence-electron chi connectivity index (χ2n) is 9.12. The highest BCUT2D eigenvalue weighted by Crippen LogP contribution is 2.31. The van der Waals surface area contributed by atoms with Gasteiger partial charge in [-0.25, -0.2) is 0 Å². The molecule has 4 rings (SSSR count). The number of likely N-dealkylation sites (tertiary alicyclic amines) is 2. The van der Waals surface area contributed by atoms with Gasteiger partial charge in [0, 0.05) is 57.6 Å². The summed E-state index contributed by atoms with van der Waals surface area (Å²) in [7, 11) is 0. The fourth-order valence-electron chi connectivity index (χ4n) is 5.44. The number of rotatable bonds is 6. The summed E-state index contributed by atoms with van der Waals surface area (Å²) in [6.45, 7) is 6.47. The molecular weight excluding hydrogens is 348 g/mol. The van der Waals surface area contributed by atoms with E-state index >= 15 is 0 Å². The fourth-order valence-corrected chi connectivity index (χ4v) is 5.44. The van der Waals surface area contributed by atoms with E-state index in [2.05, 4.69) is 26.2 Å². The number of carbonyl (C=O) groups excluding carboxylic acids is 1. The lowest BCUT2D eigenvalue weighted by Gasteiger charge is -2.46. The van der Waals surface area contributed by atoms with Gasteiger partial charge < -0.3 is 10.2 Å². The van der Waals surface area contributed by atoms with Crippen molar-refractivity contribution in [2.45, 2.75) is 64.0 Å². The number of hydrogen-bond acceptors (Lipinski definition) is 4. The minimum Gasteiger partial charge on any atom is -0.343 e. The predicted octanol–water partition coefficient (Wildman–Crippen LogP) is 3.06. The maximum absolute atomic E-state index is 12.6. The molecule has 0 saturated carbocycles. The smallest absolute Gasteiger partial charge is 0.222 e. The normalized spacial score (nSPS) is 28.7. The van der Waals surface area contributed by atoms with E-state index in [0.29, 0.717) is 11.9 Å². The van der Waals surface area contributed by atoms with Crippen molar-refractivity contribution < 1.29 is 4.79 Å². The molecule has 154 valence electrons. The highest BCUT2D eigenvalue weighted by atomic mass is 16.2. The van der Waals surface area contributed by atoms with Gasteiger partial charge in [-0.3, -0.25) is 14.7 Å². The lowest BCUT2D eigenvalue weighted by Crippen LogP contribution is -2.55. The number of carbonyl (C=O) groups is 1. The lowest BCUT2D eigenvalue weighted by molar-refractivity contribution is -0.131. The van der Waals surface area contributed by atoms with Crippen molar-refractivity contribution in [3.63, 3.8) is 0 Å². The van der Waals surface area contributed by atoms with Gasteiger partial charge in [0.25, 0.3) is 0 Å². The Balaban J connectivity index is 1.23. The maximum atomic E-state index is 12.6. The van der Waals surface area contributed by atoms with Crippen LogP contribution < -0.4 is 5.32 Å². The second kappa shape index (κ2) is 9.84. The van der Waals surface area contributed by atoms with Crippen molar-refractivity contribution in [2.75, 3.05) is 32.7 Å². The largest absolute Gasteiger partial charge is 0.343 e. The number of amides is 1. The first-order valence-electron chi connectivity index (χ1n) is 11.4. The number of pyridine rings is 1. The van der Waals surface area contributed by atoms with Crippen molar-refractivity contribution >= 4 is 5.91 Å². The third-order valence-corrected chi connectivity index (χ3v) is 6.88. The Morgan fingerprint density at radius 1 is 1.18 bits per heavy atom. The Labute approximate surface area is 169 Å². The van der Waals surface area contributed by atoms with Crippen LogP contribution >= 0.6 is 0 Å². The lowest BCUT2D eigenvalue weighted by atomic mass is 9.79. The molecule has 1 amide bonds. The molecule has 0 unspecified atom stereocenters. The van der Waals surface area contributed by atoms with Crippen molar-refractivity contribution in [3.8, 4) is 0 Å². The molecule has 5 heteroatoms. The first kappa shape index (κ1) is 19.8. The monoisotopic (exact) mass is 384 g/mol. The zero-order valence-corrected chi connectivity index (χ0v) is 17.2. The number of fused-ring (bicyclic) bond motifs is 2. The molecule has 3 aliphatic rings. The molecule has 1 aromatic heterocycles. The molecule has 3 fully saturated rings. The molecule has 0 aromatic carbocycles. The van der Waals surface area contributed by atoms with Crippen LogP contribution in [0.1, 0.15) is 56.9 Å². The van der Waals surface area contributed by atoms with Gasteiger partial charge in [0.1, 0.15) is 0 Å². The molecule has 2 bridgehead atoms. The van der Waals surface area contributed by atoms with Gasteiger partial charge in [0.2, 0.25) is 5.91 Å². The van der Waals surface area contributed by atoms with Gasteiger partial charge in [-0.05, 0) is 62.1 Å². The molecule has 3 saturated heterocycles. The van der Waals surface area contributed by atoms with Crippen LogP contribution in [0.2, 0.25) is 0 Å². The molecule has 5 nitrogen and oxygen atoms in total. The SMILES string of the molecule is O=C(CCC[C@H]1NC[C@@H]2C[C@H]1CN(Cc1cccnc1)C2)N1CCCCCC1. The number of hydrogen-bond donors (Lipinski definition) is 1. The zero-order chi connectivity index (χ0) is 19.2. The van der Waals surface area contributed by atoms with E-state index in [9.17, 15) is 4.79 Å². The first-order chi connectivity index (χ1) is 13.8. The summed E-state index contributed by atoms with van der Waals surface area (Å²) in [5.74, 6) is 1.88. The van der Waals surface area contributed by atoms with E-state index in [1.165, 1.54) is 50.8 Å². The molecule has 0 aliphatic carbocycles. The number of nitrogens with one attached hydrogen (secondary N) is 1. The molecule has 0 radical (unpaired) electrons. The third kappa shape index (κ3) is 5.32. The van der Waals surface area contributed by atoms with E-state index in [4.69, 9.17) is 0 Å². The van der Waals surface area contributed by atoms with Crippen molar-refractivity contribution in [1.82, 2.24) is 20.1 Å². The van der Waals surface area contributed by atoms with E-state index < -0.39 is 0 Å². The van der Waals surface area contributed by atoms with Gasteiger partial charge in [-0.1, -0.05) is 18.9 Å². The molecule has 28 heavy (non-hydrogen) atoms. The Bertz CT molecular complexity index is 614. The molecular formula is C23H36N4O. The summed E-state index contributed by atoms with van der Waals surface area (Å²) in [4.78, 5) is 21.6. The predicted molar refractivity (Wildman–Crippen MR) is 112 cm³/mol. The molecule has 3 atom stereocenters. The van der Waals surface area contributed by atoms with Crippen LogP contribution in [0.15, 0.2) is 24.5 Å². The van der Waals surface area contributed by atoms with Crippen LogP contribution in [-0.4, -0.2) is 59.5 Å². The van der Waals surface area contributed by atoms with Gasteiger partial charge in [-0.2, -0.15) is 0 Å². The molecule has 0 spiro atoms. The average Bonchev–Trinajstić information content (AvgIpc) is 3.00. The van der Waals surface area contributed by atoms with E-state index in [0.717, 1.165) is 57.3 Å². The van der Waals surface area contributed by atoms with E-state index in [-0.39, 0.29) is 0 Å². The van der Waals surface area contributed by atoms with Crippen molar-refractivity contribution in [3.05, 3.63) is 30.1 Å². The van der Waals surface area contributed by atoms with Crippen LogP contribution in [0.4, 0.5) is 0 Å². The average molecular weight is 385 g/mol. The molecule has 1 N–H and O–H groups in total. The second-order valence-corrected chi connectivity index (χ2v) is 9.12. The van der Waals surface area contributed by atoms with Crippen LogP contribution in [-0.2, 0) is 11.3 Å². The van der Waals surface area contributed by atoms with Gasteiger partial charge in [-0.15, -0.1) is 0 Å². The maximum Gasteiger partial charge on any atom is 0.222 e. The third-order valence-electron chi connectivity index (χ3n) is 6.88. The minimum atomic E-state index is 0.387. The van der Waals surface area contributed by atoms with Gasteiger partial charge >= 0.3 is 0 Å². The van der Waals surface area contributed by atoms with Crippen LogP contribution in [0, 0.1) is 11.8 Å². The van der Waals surface area contributed by atoms with Crippen molar-refractivity contribution in [2.24, 2.45) is 11.8 Å². The topological polar surface area (TPSA) is 48.5 Å². The number of aromatic nitrogens is 1. The summed E-state index contributed by atoms with van der Waals surface area (Å²) in [6, 6.07) is 4.79. The Morgan fingerprint density at radius 3 is 2.82 bits per heavy atom. The van der Waals surface area contributed by atoms with Gasteiger partial charge in [0.15, 0.2) is 0 Å². The Hall–Kier alpha value is -1.46. The van der Waals surface area contributed by atoms with E-state index in [1.54, 1.807) is 0 Å². The van der Waals surface area contributed by atoms with E-state index in [1.807, 2.05) is 18.5 Å². The number of piperidine rings is 2. The van der Waals surface area contributed by atoms with Crippen LogP contribution in [0.3, 0.4) is 0 Å². The molecule has 3 aliphatic heterocycles. The molecule has 1 aromatic rings. The van der Waals surface area contributed by atoms with Gasteiger partial charge in [0.05, 0.1) is 0 Å². The highest BCUT2D eigenvalue weighted by Gasteiger charge is 2.36. The van der Waals surface area contributed by atoms with Crippen LogP contribution in [0.5, 0.6) is 0 Å². The van der Waals surface area contributed by atoms with Crippen molar-refractivity contribution in [1.29, 1.82) is 0 Å². The Morgan fingerprint density at radius 2 is 2.04 bits per heavy atom. The zero-order valence-electron chi connectivity index (χ0n) is 17.2. The Kier molecular flexibility index (Phi) is 6.97. The number of nitrogens with zero attached hydrogens (tertiary/aromatic N) is 3. The summed E-state index contributed by atoms with van der Waals surface area (Å²) in [5.41, 5.74) is 1.31. The summed E-state index contributed by atoms with van der Waals surface area (Å²) >= 11 is 0. The summed E-state index contributed by atoms with van der Waals surface area (Å²) in [6.07, 6.45) is 13.0.